The molecule has 1 aromatic heterocycles. The number of benzene rings is 2. The summed E-state index contributed by atoms with van der Waals surface area (Å²) in [5.41, 5.74) is 2.38. The summed E-state index contributed by atoms with van der Waals surface area (Å²) in [6.07, 6.45) is 2.60. The van der Waals surface area contributed by atoms with Crippen molar-refractivity contribution in [1.82, 2.24) is 4.98 Å². The average molecular weight is 325 g/mol. The number of hydrogen-bond acceptors (Lipinski definition) is 3. The van der Waals surface area contributed by atoms with Crippen molar-refractivity contribution < 1.29 is 18.7 Å². The molecule has 0 atom stereocenters. The second-order valence-electron chi connectivity index (χ2n) is 5.45. The fourth-order valence-electron chi connectivity index (χ4n) is 2.51. The van der Waals surface area contributed by atoms with Gasteiger partial charge < -0.3 is 9.72 Å². The highest BCUT2D eigenvalue weighted by Gasteiger charge is 2.11. The van der Waals surface area contributed by atoms with Crippen LogP contribution in [0.2, 0.25) is 0 Å². The third-order valence-electron chi connectivity index (χ3n) is 3.80. The van der Waals surface area contributed by atoms with Crippen LogP contribution >= 0.6 is 0 Å². The molecule has 0 amide bonds. The van der Waals surface area contributed by atoms with Gasteiger partial charge in [0.15, 0.2) is 12.4 Å². The van der Waals surface area contributed by atoms with Crippen LogP contribution < -0.4 is 0 Å². The van der Waals surface area contributed by atoms with Gasteiger partial charge >= 0.3 is 5.97 Å². The predicted molar refractivity (Wildman–Crippen MR) is 88.3 cm³/mol. The number of hydrogen-bond donors (Lipinski definition) is 1. The minimum Gasteiger partial charge on any atom is -0.457 e. The maximum atomic E-state index is 12.8. The lowest BCUT2D eigenvalue weighted by Gasteiger charge is -2.04. The average Bonchev–Trinajstić information content (AvgIpc) is 3.01. The standard InChI is InChI=1S/C19H16FNO3/c20-15-8-5-13(6-9-15)18(22)12-24-19(23)10-7-14-11-21-17-4-2-1-3-16(14)17/h1-6,8-9,11,21H,7,10,12H2. The second-order valence-corrected chi connectivity index (χ2v) is 5.45. The van der Waals surface area contributed by atoms with E-state index in [0.717, 1.165) is 16.5 Å². The number of Topliss-reactive ketones (excluding diaryl/α,β-unsaturated/α-hetero) is 1. The first kappa shape index (κ1) is 15.9. The molecule has 0 aliphatic rings. The van der Waals surface area contributed by atoms with Crippen LogP contribution in [0.15, 0.2) is 54.7 Å². The van der Waals surface area contributed by atoms with Crippen molar-refractivity contribution >= 4 is 22.7 Å². The van der Waals surface area contributed by atoms with E-state index in [-0.39, 0.29) is 18.8 Å². The second kappa shape index (κ2) is 7.08. The van der Waals surface area contributed by atoms with Crippen LogP contribution in [-0.4, -0.2) is 23.3 Å². The molecule has 122 valence electrons. The minimum atomic E-state index is -0.434. The van der Waals surface area contributed by atoms with E-state index in [1.165, 1.54) is 24.3 Å². The van der Waals surface area contributed by atoms with Crippen LogP contribution in [-0.2, 0) is 16.0 Å². The zero-order valence-electron chi connectivity index (χ0n) is 12.9. The first-order chi connectivity index (χ1) is 11.6. The molecule has 1 N–H and O–H groups in total. The van der Waals surface area contributed by atoms with Crippen molar-refractivity contribution in [2.45, 2.75) is 12.8 Å². The number of aromatic nitrogens is 1. The Morgan fingerprint density at radius 2 is 1.79 bits per heavy atom. The highest BCUT2D eigenvalue weighted by atomic mass is 19.1. The van der Waals surface area contributed by atoms with Crippen LogP contribution in [0.5, 0.6) is 0 Å². The molecule has 5 heteroatoms. The number of fused-ring (bicyclic) bond motifs is 1. The Hall–Kier alpha value is -2.95. The van der Waals surface area contributed by atoms with Gasteiger partial charge in [-0.3, -0.25) is 9.59 Å². The molecule has 0 spiro atoms. The van der Waals surface area contributed by atoms with Gasteiger partial charge in [0.1, 0.15) is 5.82 Å². The summed E-state index contributed by atoms with van der Waals surface area (Å²) < 4.78 is 17.8. The molecular formula is C19H16FNO3. The number of nitrogens with one attached hydrogen (secondary N) is 1. The molecule has 0 saturated carbocycles. The number of para-hydroxylation sites is 1. The van der Waals surface area contributed by atoms with Crippen molar-refractivity contribution in [3.63, 3.8) is 0 Å². The van der Waals surface area contributed by atoms with Crippen LogP contribution in [0, 0.1) is 5.82 Å². The number of H-pyrrole nitrogens is 1. The number of ether oxygens (including phenoxy) is 1. The van der Waals surface area contributed by atoms with Crippen molar-refractivity contribution in [2.75, 3.05) is 6.61 Å². The first-order valence-electron chi connectivity index (χ1n) is 7.63. The summed E-state index contributed by atoms with van der Waals surface area (Å²) in [6, 6.07) is 13.0. The normalized spacial score (nSPS) is 10.7. The van der Waals surface area contributed by atoms with E-state index in [1.807, 2.05) is 30.5 Å². The van der Waals surface area contributed by atoms with E-state index in [2.05, 4.69) is 4.98 Å². The fourth-order valence-corrected chi connectivity index (χ4v) is 2.51. The monoisotopic (exact) mass is 325 g/mol. The third-order valence-corrected chi connectivity index (χ3v) is 3.80. The predicted octanol–water partition coefficient (Wildman–Crippen LogP) is 3.67. The van der Waals surface area contributed by atoms with Crippen LogP contribution in [0.25, 0.3) is 10.9 Å². The summed E-state index contributed by atoms with van der Waals surface area (Å²) in [5, 5.41) is 1.08. The summed E-state index contributed by atoms with van der Waals surface area (Å²) >= 11 is 0. The van der Waals surface area contributed by atoms with E-state index in [1.54, 1.807) is 0 Å². The van der Waals surface area contributed by atoms with E-state index < -0.39 is 11.8 Å². The van der Waals surface area contributed by atoms with Gasteiger partial charge in [-0.25, -0.2) is 4.39 Å². The molecule has 3 rings (SSSR count). The molecule has 2 aromatic carbocycles. The van der Waals surface area contributed by atoms with Gasteiger partial charge in [-0.05, 0) is 42.3 Å². The number of carbonyl (C=O) groups is 2. The fraction of sp³-hybridized carbons (Fsp3) is 0.158. The van der Waals surface area contributed by atoms with Gasteiger partial charge in [0.05, 0.1) is 0 Å². The van der Waals surface area contributed by atoms with E-state index >= 15 is 0 Å². The van der Waals surface area contributed by atoms with Crippen molar-refractivity contribution in [2.24, 2.45) is 0 Å². The Morgan fingerprint density at radius 1 is 1.04 bits per heavy atom. The molecule has 3 aromatic rings. The Balaban J connectivity index is 1.51. The van der Waals surface area contributed by atoms with Crippen molar-refractivity contribution in [1.29, 1.82) is 0 Å². The lowest BCUT2D eigenvalue weighted by atomic mass is 10.1. The minimum absolute atomic E-state index is 0.193. The van der Waals surface area contributed by atoms with Crippen molar-refractivity contribution in [3.05, 3.63) is 71.7 Å². The molecule has 4 nitrogen and oxygen atoms in total. The highest BCUT2D eigenvalue weighted by Crippen LogP contribution is 2.19. The molecule has 0 aliphatic carbocycles. The molecule has 0 fully saturated rings. The van der Waals surface area contributed by atoms with Gasteiger partial charge in [0, 0.05) is 29.1 Å². The first-order valence-corrected chi connectivity index (χ1v) is 7.63. The number of aryl methyl sites for hydroxylation is 1. The van der Waals surface area contributed by atoms with Gasteiger partial charge in [-0.2, -0.15) is 0 Å². The number of aromatic amines is 1. The Morgan fingerprint density at radius 3 is 2.58 bits per heavy atom. The van der Waals surface area contributed by atoms with Gasteiger partial charge in [-0.15, -0.1) is 0 Å². The number of carbonyl (C=O) groups excluding carboxylic acids is 2. The smallest absolute Gasteiger partial charge is 0.306 e. The van der Waals surface area contributed by atoms with Gasteiger partial charge in [0.2, 0.25) is 0 Å². The molecule has 0 radical (unpaired) electrons. The lowest BCUT2D eigenvalue weighted by molar-refractivity contribution is -0.142. The van der Waals surface area contributed by atoms with Crippen LogP contribution in [0.3, 0.4) is 0 Å². The number of halogens is 1. The number of esters is 1. The van der Waals surface area contributed by atoms with Gasteiger partial charge in [-0.1, -0.05) is 18.2 Å². The zero-order chi connectivity index (χ0) is 16.9. The molecule has 0 bridgehead atoms. The molecule has 0 aliphatic heterocycles. The quantitative estimate of drug-likeness (QED) is 0.556. The highest BCUT2D eigenvalue weighted by molar-refractivity contribution is 5.97. The SMILES string of the molecule is O=C(CCc1c[nH]c2ccccc12)OCC(=O)c1ccc(F)cc1. The lowest BCUT2D eigenvalue weighted by Crippen LogP contribution is -2.14. The Kier molecular flexibility index (Phi) is 4.70. The molecular weight excluding hydrogens is 309 g/mol. The summed E-state index contributed by atoms with van der Waals surface area (Å²) in [5.74, 6) is -1.20. The number of ketones is 1. The molecule has 0 saturated heterocycles. The topological polar surface area (TPSA) is 59.2 Å². The van der Waals surface area contributed by atoms with Crippen molar-refractivity contribution in [3.8, 4) is 0 Å². The Bertz CT molecular complexity index is 868. The molecule has 1 heterocycles. The Labute approximate surface area is 138 Å². The summed E-state index contributed by atoms with van der Waals surface area (Å²) in [7, 11) is 0. The largest absolute Gasteiger partial charge is 0.457 e. The zero-order valence-corrected chi connectivity index (χ0v) is 12.9. The number of rotatable bonds is 6. The van der Waals surface area contributed by atoms with Crippen LogP contribution in [0.4, 0.5) is 4.39 Å². The summed E-state index contributed by atoms with van der Waals surface area (Å²) in [4.78, 5) is 26.8. The molecule has 0 unspecified atom stereocenters. The maximum absolute atomic E-state index is 12.8. The van der Waals surface area contributed by atoms with E-state index in [9.17, 15) is 14.0 Å². The third kappa shape index (κ3) is 3.68. The van der Waals surface area contributed by atoms with Crippen LogP contribution in [0.1, 0.15) is 22.3 Å². The van der Waals surface area contributed by atoms with E-state index in [4.69, 9.17) is 4.74 Å². The summed E-state index contributed by atoms with van der Waals surface area (Å²) in [6.45, 7) is -0.335. The molecule has 24 heavy (non-hydrogen) atoms. The maximum Gasteiger partial charge on any atom is 0.306 e. The van der Waals surface area contributed by atoms with E-state index in [0.29, 0.717) is 12.0 Å². The van der Waals surface area contributed by atoms with Gasteiger partial charge in [0.25, 0.3) is 0 Å².